The summed E-state index contributed by atoms with van der Waals surface area (Å²) in [6, 6.07) is 13.7. The minimum atomic E-state index is -0.568. The Morgan fingerprint density at radius 2 is 1.90 bits per heavy atom. The molecule has 0 bridgehead atoms. The summed E-state index contributed by atoms with van der Waals surface area (Å²) < 4.78 is 7.60. The highest BCUT2D eigenvalue weighted by Gasteiger charge is 2.37. The molecule has 1 aliphatic rings. The first kappa shape index (κ1) is 19.6. The number of aromatic nitrogens is 3. The normalized spacial score (nSPS) is 17.9. The first-order valence-corrected chi connectivity index (χ1v) is 10.0. The van der Waals surface area contributed by atoms with E-state index in [0.29, 0.717) is 11.6 Å². The molecule has 0 saturated carbocycles. The number of halogens is 1. The van der Waals surface area contributed by atoms with Gasteiger partial charge in [0.2, 0.25) is 0 Å². The van der Waals surface area contributed by atoms with Crippen molar-refractivity contribution in [1.29, 1.82) is 0 Å². The van der Waals surface area contributed by atoms with Crippen LogP contribution in [0.4, 0.5) is 0 Å². The molecule has 2 heterocycles. The van der Waals surface area contributed by atoms with Crippen LogP contribution in [-0.2, 0) is 5.54 Å². The number of methoxy groups -OCH3 is 1. The fraction of sp³-hybridized carbons (Fsp3) is 0.318. The van der Waals surface area contributed by atoms with Gasteiger partial charge in [-0.15, -0.1) is 10.2 Å². The molecule has 6 nitrogen and oxygen atoms in total. The smallest absolute Gasteiger partial charge is 0.165 e. The van der Waals surface area contributed by atoms with Crippen LogP contribution in [0.1, 0.15) is 42.5 Å². The van der Waals surface area contributed by atoms with Crippen molar-refractivity contribution in [3.8, 4) is 11.4 Å². The van der Waals surface area contributed by atoms with Crippen LogP contribution in [0.3, 0.4) is 0 Å². The van der Waals surface area contributed by atoms with Crippen molar-refractivity contribution in [3.63, 3.8) is 0 Å². The van der Waals surface area contributed by atoms with Gasteiger partial charge in [-0.25, -0.2) is 0 Å². The molecule has 0 fully saturated rings. The van der Waals surface area contributed by atoms with Crippen molar-refractivity contribution in [2.75, 3.05) is 13.7 Å². The summed E-state index contributed by atoms with van der Waals surface area (Å²) in [6.45, 7) is 4.65. The molecule has 0 aliphatic carbocycles. The number of fused-ring (bicyclic) bond motifs is 3. The van der Waals surface area contributed by atoms with Crippen LogP contribution in [0, 0.1) is 6.92 Å². The highest BCUT2D eigenvalue weighted by atomic mass is 35.5. The maximum Gasteiger partial charge on any atom is 0.165 e. The van der Waals surface area contributed by atoms with Crippen LogP contribution in [0.2, 0.25) is 5.02 Å². The van der Waals surface area contributed by atoms with Crippen molar-refractivity contribution in [2.45, 2.75) is 32.2 Å². The monoisotopic (exact) mass is 409 g/mol. The molecule has 1 unspecified atom stereocenters. The number of aryl methyl sites for hydroxylation is 1. The van der Waals surface area contributed by atoms with Gasteiger partial charge in [0, 0.05) is 16.1 Å². The minimum absolute atomic E-state index is 0.568. The van der Waals surface area contributed by atoms with Gasteiger partial charge >= 0.3 is 0 Å². The van der Waals surface area contributed by atoms with Gasteiger partial charge in [0.25, 0.3) is 0 Å². The lowest BCUT2D eigenvalue weighted by Gasteiger charge is -2.24. The van der Waals surface area contributed by atoms with Crippen molar-refractivity contribution in [2.24, 2.45) is 10.7 Å². The average Bonchev–Trinajstić information content (AvgIpc) is 3.08. The third kappa shape index (κ3) is 3.43. The second kappa shape index (κ2) is 7.61. The summed E-state index contributed by atoms with van der Waals surface area (Å²) in [5.74, 6) is 2.40. The van der Waals surface area contributed by atoms with Crippen molar-refractivity contribution in [3.05, 3.63) is 70.3 Å². The molecule has 0 spiro atoms. The second-order valence-corrected chi connectivity index (χ2v) is 7.86. The van der Waals surface area contributed by atoms with E-state index in [1.165, 1.54) is 0 Å². The fourth-order valence-corrected chi connectivity index (χ4v) is 3.95. The van der Waals surface area contributed by atoms with E-state index in [4.69, 9.17) is 27.1 Å². The van der Waals surface area contributed by atoms with Crippen LogP contribution >= 0.6 is 11.6 Å². The molecule has 29 heavy (non-hydrogen) atoms. The van der Waals surface area contributed by atoms with Gasteiger partial charge in [-0.05, 0) is 63.6 Å². The number of hydrogen-bond donors (Lipinski definition) is 1. The molecular formula is C22H24ClN5O. The number of aliphatic imine (C=N–C) groups is 1. The molecule has 1 atom stereocenters. The van der Waals surface area contributed by atoms with E-state index in [0.717, 1.165) is 52.8 Å². The molecule has 2 aromatic carbocycles. The van der Waals surface area contributed by atoms with Crippen LogP contribution in [0.25, 0.3) is 5.69 Å². The van der Waals surface area contributed by atoms with E-state index in [9.17, 15) is 0 Å². The molecule has 2 N–H and O–H groups in total. The largest absolute Gasteiger partial charge is 0.497 e. The summed E-state index contributed by atoms with van der Waals surface area (Å²) >= 11 is 6.14. The highest BCUT2D eigenvalue weighted by molar-refractivity contribution is 6.30. The minimum Gasteiger partial charge on any atom is -0.497 e. The van der Waals surface area contributed by atoms with Gasteiger partial charge < -0.3 is 10.5 Å². The Bertz CT molecular complexity index is 1070. The SMILES string of the molecule is COc1ccc2c(c1)C(c1ccc(Cl)cc1)=NC(C)(CCCN)c1nnc(C)n1-2. The van der Waals surface area contributed by atoms with Crippen LogP contribution < -0.4 is 10.5 Å². The lowest BCUT2D eigenvalue weighted by molar-refractivity contribution is 0.412. The molecule has 0 amide bonds. The molecule has 0 saturated heterocycles. The van der Waals surface area contributed by atoms with Crippen molar-refractivity contribution in [1.82, 2.24) is 14.8 Å². The van der Waals surface area contributed by atoms with Gasteiger partial charge in [-0.1, -0.05) is 23.7 Å². The lowest BCUT2D eigenvalue weighted by Crippen LogP contribution is -2.25. The Labute approximate surface area is 175 Å². The molecule has 7 heteroatoms. The van der Waals surface area contributed by atoms with E-state index in [1.807, 2.05) is 49.4 Å². The predicted octanol–water partition coefficient (Wildman–Crippen LogP) is 4.04. The van der Waals surface area contributed by atoms with Gasteiger partial charge in [-0.3, -0.25) is 9.56 Å². The van der Waals surface area contributed by atoms with E-state index in [1.54, 1.807) is 7.11 Å². The fourth-order valence-electron chi connectivity index (χ4n) is 3.82. The Hall–Kier alpha value is -2.70. The molecule has 150 valence electrons. The Balaban J connectivity index is 2.04. The van der Waals surface area contributed by atoms with Gasteiger partial charge in [0.05, 0.1) is 18.5 Å². The van der Waals surface area contributed by atoms with E-state index < -0.39 is 5.54 Å². The maximum absolute atomic E-state index is 6.14. The zero-order valence-electron chi connectivity index (χ0n) is 16.8. The van der Waals surface area contributed by atoms with Crippen molar-refractivity contribution >= 4 is 17.3 Å². The standard InChI is InChI=1S/C22H24ClN5O/c1-14-26-27-21-22(2,11-4-12-24)25-20(15-5-7-16(23)8-6-15)18-13-17(29-3)9-10-19(18)28(14)21/h5-10,13H,4,11-12,24H2,1-3H3. The lowest BCUT2D eigenvalue weighted by atomic mass is 9.94. The quantitative estimate of drug-likeness (QED) is 0.689. The molecule has 1 aliphatic heterocycles. The number of nitrogens with zero attached hydrogens (tertiary/aromatic N) is 4. The molecular weight excluding hydrogens is 386 g/mol. The van der Waals surface area contributed by atoms with E-state index in [2.05, 4.69) is 21.7 Å². The Morgan fingerprint density at radius 3 is 2.59 bits per heavy atom. The van der Waals surface area contributed by atoms with Gasteiger partial charge in [0.15, 0.2) is 5.82 Å². The maximum atomic E-state index is 6.14. The first-order valence-electron chi connectivity index (χ1n) is 9.64. The second-order valence-electron chi connectivity index (χ2n) is 7.42. The van der Waals surface area contributed by atoms with Crippen LogP contribution in [0.15, 0.2) is 47.5 Å². The summed E-state index contributed by atoms with van der Waals surface area (Å²) in [6.07, 6.45) is 1.60. The summed E-state index contributed by atoms with van der Waals surface area (Å²) in [5, 5.41) is 9.56. The molecule has 3 aromatic rings. The van der Waals surface area contributed by atoms with E-state index >= 15 is 0 Å². The number of ether oxygens (including phenoxy) is 1. The Kier molecular flexibility index (Phi) is 5.15. The predicted molar refractivity (Wildman–Crippen MR) is 115 cm³/mol. The number of benzene rings is 2. The summed E-state index contributed by atoms with van der Waals surface area (Å²) in [5.41, 5.74) is 9.07. The zero-order valence-corrected chi connectivity index (χ0v) is 17.6. The molecule has 0 radical (unpaired) electrons. The topological polar surface area (TPSA) is 78.3 Å². The van der Waals surface area contributed by atoms with E-state index in [-0.39, 0.29) is 0 Å². The highest BCUT2D eigenvalue weighted by Crippen LogP contribution is 2.38. The number of rotatable bonds is 5. The van der Waals surface area contributed by atoms with Gasteiger partial charge in [-0.2, -0.15) is 0 Å². The molecule has 1 aromatic heterocycles. The zero-order chi connectivity index (χ0) is 20.6. The van der Waals surface area contributed by atoms with Crippen LogP contribution in [-0.4, -0.2) is 34.1 Å². The number of hydrogen-bond acceptors (Lipinski definition) is 5. The Morgan fingerprint density at radius 1 is 1.14 bits per heavy atom. The first-order chi connectivity index (χ1) is 14.0. The average molecular weight is 410 g/mol. The summed E-state index contributed by atoms with van der Waals surface area (Å²) in [4.78, 5) is 5.26. The van der Waals surface area contributed by atoms with Gasteiger partial charge in [0.1, 0.15) is 17.1 Å². The molecule has 4 rings (SSSR count). The third-order valence-electron chi connectivity index (χ3n) is 5.35. The third-order valence-corrected chi connectivity index (χ3v) is 5.60. The van der Waals surface area contributed by atoms with Crippen molar-refractivity contribution < 1.29 is 4.74 Å². The summed E-state index contributed by atoms with van der Waals surface area (Å²) in [7, 11) is 1.67. The number of nitrogens with two attached hydrogens (primary N) is 1. The van der Waals surface area contributed by atoms with Crippen LogP contribution in [0.5, 0.6) is 5.75 Å².